The molecule has 0 radical (unpaired) electrons. The van der Waals surface area contributed by atoms with Crippen molar-refractivity contribution in [2.75, 3.05) is 0 Å². The van der Waals surface area contributed by atoms with E-state index in [2.05, 4.69) is 89.2 Å². The molecule has 10 bridgehead atoms. The Labute approximate surface area is 383 Å². The van der Waals surface area contributed by atoms with Crippen molar-refractivity contribution in [1.29, 1.82) is 0 Å². The molecule has 0 heterocycles. The number of hydrogen-bond donors (Lipinski definition) is 0. The summed E-state index contributed by atoms with van der Waals surface area (Å²) >= 11 is 0. The van der Waals surface area contributed by atoms with Crippen LogP contribution in [0, 0.1) is 75.9 Å². The maximum atomic E-state index is 2.87. The van der Waals surface area contributed by atoms with E-state index in [-0.39, 0.29) is 61.8 Å². The van der Waals surface area contributed by atoms with Gasteiger partial charge in [-0.15, -0.1) is 0 Å². The minimum atomic E-state index is 0. The van der Waals surface area contributed by atoms with E-state index in [9.17, 15) is 0 Å². The zero-order valence-corrected chi connectivity index (χ0v) is 40.2. The van der Waals surface area contributed by atoms with Gasteiger partial charge in [0.05, 0.1) is 0 Å². The molecule has 2 aromatic rings. The molecule has 0 aromatic heterocycles. The quantitative estimate of drug-likeness (QED) is 0.266. The van der Waals surface area contributed by atoms with E-state index in [0.717, 1.165) is 59.2 Å². The molecule has 13 aliphatic rings. The van der Waals surface area contributed by atoms with E-state index in [1.807, 2.05) is 11.1 Å². The SMILES string of the molecule is CC(C)C1(C2c3ccc(C45CC6CC(CC(C6)C4)C5)cc3-c3cc(C45CC6CC(CC(C6)C4)C5)ccc32)CC(C2CC3C=CC2C3)C2=C1C=C(C(C)(C)C)C2.[Cl-].[Cl-].[Zr+2]. The molecule has 0 aliphatic heterocycles. The van der Waals surface area contributed by atoms with E-state index >= 15 is 0 Å². The van der Waals surface area contributed by atoms with Crippen LogP contribution in [0.2, 0.25) is 0 Å². The number of halogens is 2. The summed E-state index contributed by atoms with van der Waals surface area (Å²) in [5, 5.41) is 0. The molecule has 9 saturated carbocycles. The molecular weight excluding hydrogens is 823 g/mol. The molecule has 2 aromatic carbocycles. The largest absolute Gasteiger partial charge is 2.00 e. The minimum Gasteiger partial charge on any atom is -1.00 e. The monoisotopic (exact) mass is 888 g/mol. The van der Waals surface area contributed by atoms with Crippen molar-refractivity contribution in [3.8, 4) is 11.1 Å². The second-order valence-electron chi connectivity index (χ2n) is 24.4. The van der Waals surface area contributed by atoms with Gasteiger partial charge in [0.1, 0.15) is 0 Å². The zero-order chi connectivity index (χ0) is 36.8. The van der Waals surface area contributed by atoms with Crippen molar-refractivity contribution in [2.24, 2.45) is 75.9 Å². The molecule has 0 spiro atoms. The van der Waals surface area contributed by atoms with Crippen molar-refractivity contribution in [3.05, 3.63) is 93.6 Å². The number of rotatable bonds is 5. The molecule has 5 unspecified atom stereocenters. The Morgan fingerprint density at radius 3 is 1.48 bits per heavy atom. The normalized spacial score (nSPS) is 44.0. The maximum Gasteiger partial charge on any atom is 2.00 e. The summed E-state index contributed by atoms with van der Waals surface area (Å²) in [6.07, 6.45) is 31.5. The van der Waals surface area contributed by atoms with E-state index in [4.69, 9.17) is 0 Å². The van der Waals surface area contributed by atoms with Gasteiger partial charge in [-0.1, -0.05) is 100 Å². The second kappa shape index (κ2) is 13.8. The fourth-order valence-electron chi connectivity index (χ4n) is 18.7. The third-order valence-corrected chi connectivity index (χ3v) is 20.2. The average molecular weight is 891 g/mol. The summed E-state index contributed by atoms with van der Waals surface area (Å²) in [7, 11) is 0. The molecular formula is C55H68Cl2Zr. The van der Waals surface area contributed by atoms with Crippen molar-refractivity contribution >= 4 is 0 Å². The Hall–Kier alpha value is -0.877. The molecule has 0 N–H and O–H groups in total. The molecule has 3 heteroatoms. The third-order valence-electron chi connectivity index (χ3n) is 20.2. The molecule has 5 atom stereocenters. The summed E-state index contributed by atoms with van der Waals surface area (Å²) in [4.78, 5) is 0. The molecule has 15 rings (SSSR count). The van der Waals surface area contributed by atoms with Crippen LogP contribution in [0.4, 0.5) is 0 Å². The van der Waals surface area contributed by atoms with Crippen LogP contribution >= 0.6 is 0 Å². The van der Waals surface area contributed by atoms with Crippen molar-refractivity contribution in [3.63, 3.8) is 0 Å². The Kier molecular flexibility index (Phi) is 9.80. The maximum absolute atomic E-state index is 2.87. The Morgan fingerprint density at radius 2 is 1.09 bits per heavy atom. The van der Waals surface area contributed by atoms with E-state index in [1.165, 1.54) is 103 Å². The summed E-state index contributed by atoms with van der Waals surface area (Å²) in [5.41, 5.74) is 16.9. The van der Waals surface area contributed by atoms with Crippen LogP contribution in [0.3, 0.4) is 0 Å². The van der Waals surface area contributed by atoms with E-state index in [1.54, 1.807) is 39.0 Å². The van der Waals surface area contributed by atoms with Crippen LogP contribution in [0.5, 0.6) is 0 Å². The number of fused-ring (bicyclic) bond motifs is 5. The topological polar surface area (TPSA) is 0 Å². The van der Waals surface area contributed by atoms with Gasteiger partial charge in [0.15, 0.2) is 0 Å². The van der Waals surface area contributed by atoms with Gasteiger partial charge in [0.25, 0.3) is 0 Å². The first-order chi connectivity index (χ1) is 26.5. The zero-order valence-electron chi connectivity index (χ0n) is 36.2. The van der Waals surface area contributed by atoms with Crippen LogP contribution in [-0.2, 0) is 37.0 Å². The Balaban J connectivity index is 0.00000136. The average Bonchev–Trinajstić information content (AvgIpc) is 3.96. The van der Waals surface area contributed by atoms with Crippen LogP contribution in [0.1, 0.15) is 166 Å². The number of allylic oxidation sites excluding steroid dienone is 6. The number of benzene rings is 2. The van der Waals surface area contributed by atoms with Gasteiger partial charge in [0, 0.05) is 11.3 Å². The second-order valence-corrected chi connectivity index (χ2v) is 24.4. The molecule has 58 heavy (non-hydrogen) atoms. The smallest absolute Gasteiger partial charge is 1.00 e. The van der Waals surface area contributed by atoms with Crippen molar-refractivity contribution in [2.45, 2.75) is 154 Å². The molecule has 0 saturated heterocycles. The molecule has 0 nitrogen and oxygen atoms in total. The van der Waals surface area contributed by atoms with E-state index < -0.39 is 0 Å². The predicted octanol–water partition coefficient (Wildman–Crippen LogP) is 8.29. The van der Waals surface area contributed by atoms with Gasteiger partial charge in [-0.3, -0.25) is 0 Å². The van der Waals surface area contributed by atoms with Gasteiger partial charge in [-0.25, -0.2) is 0 Å². The van der Waals surface area contributed by atoms with Gasteiger partial charge < -0.3 is 24.8 Å². The third kappa shape index (κ3) is 5.65. The first kappa shape index (κ1) is 41.2. The Morgan fingerprint density at radius 1 is 0.603 bits per heavy atom. The number of hydrogen-bond acceptors (Lipinski definition) is 0. The molecule has 0 amide bonds. The Bertz CT molecular complexity index is 1940. The predicted molar refractivity (Wildman–Crippen MR) is 227 cm³/mol. The summed E-state index contributed by atoms with van der Waals surface area (Å²) < 4.78 is 0. The standard InChI is InChI=1S/C55H68.2ClH.Zr/c1-31(2)55(30-49(45-19-32-6-7-39(45)18-32)48-22-42(23-50(48)55)52(3,4)5)51-43-10-8-40(53-24-33-12-34(25-53)14-35(13-33)26-53)20-46(43)47-21-41(9-11-44(47)51)54-27-36-15-37(28-54)17-38(16-36)29-54;;;/h6-11,20-21,23,31-39,45,49,51H,12-19,22,24-30H2,1-5H3;2*1H;/q;;;+2/p-2. The minimum absolute atomic E-state index is 0. The summed E-state index contributed by atoms with van der Waals surface area (Å²) in [5.74, 6) is 10.2. The van der Waals surface area contributed by atoms with Gasteiger partial charge in [-0.05, 0) is 223 Å². The fourth-order valence-corrected chi connectivity index (χ4v) is 18.7. The molecule has 13 aliphatic carbocycles. The van der Waals surface area contributed by atoms with Gasteiger partial charge >= 0.3 is 26.2 Å². The van der Waals surface area contributed by atoms with Crippen LogP contribution in [-0.4, -0.2) is 0 Å². The van der Waals surface area contributed by atoms with Crippen molar-refractivity contribution in [1.82, 2.24) is 0 Å². The summed E-state index contributed by atoms with van der Waals surface area (Å²) in [6.45, 7) is 12.8. The van der Waals surface area contributed by atoms with Crippen LogP contribution < -0.4 is 24.8 Å². The van der Waals surface area contributed by atoms with Gasteiger partial charge in [0.2, 0.25) is 0 Å². The molecule has 9 fully saturated rings. The van der Waals surface area contributed by atoms with Gasteiger partial charge in [-0.2, -0.15) is 0 Å². The van der Waals surface area contributed by atoms with Crippen LogP contribution in [0.15, 0.2) is 71.3 Å². The molecule has 306 valence electrons. The van der Waals surface area contributed by atoms with E-state index in [0.29, 0.717) is 22.7 Å². The van der Waals surface area contributed by atoms with Crippen LogP contribution in [0.25, 0.3) is 11.1 Å². The summed E-state index contributed by atoms with van der Waals surface area (Å²) in [6, 6.07) is 16.7. The first-order valence-corrected chi connectivity index (χ1v) is 23.9. The van der Waals surface area contributed by atoms with Crippen molar-refractivity contribution < 1.29 is 51.0 Å². The first-order valence-electron chi connectivity index (χ1n) is 23.9. The fraction of sp³-hybridized carbons (Fsp3) is 0.673.